The first-order chi connectivity index (χ1) is 15.9. The van der Waals surface area contributed by atoms with E-state index in [1.54, 1.807) is 18.2 Å². The molecule has 0 saturated heterocycles. The zero-order valence-corrected chi connectivity index (χ0v) is 19.5. The summed E-state index contributed by atoms with van der Waals surface area (Å²) in [7, 11) is 3.03. The summed E-state index contributed by atoms with van der Waals surface area (Å²) in [5.74, 6) is -0.0212. The molecule has 8 heteroatoms. The van der Waals surface area contributed by atoms with E-state index in [2.05, 4.69) is 0 Å². The summed E-state index contributed by atoms with van der Waals surface area (Å²) < 4.78 is 51.0. The van der Waals surface area contributed by atoms with Gasteiger partial charge in [0.2, 0.25) is 5.91 Å². The largest absolute Gasteiger partial charge is 0.497 e. The third-order valence-electron chi connectivity index (χ3n) is 6.39. The number of Topliss-reactive ketones (excluding diaryl/α,β-unsaturated/α-hetero) is 1. The summed E-state index contributed by atoms with van der Waals surface area (Å²) in [6, 6.07) is 9.86. The molecule has 0 N–H and O–H groups in total. The SMILES string of the molecule is COc1ccc(OC)c([C@@H]2CC(=O)N(c3cccc(C(F)(F)F)c3)C3=C2C(=O)CC(C)(C)C3)c1. The second-order valence-electron chi connectivity index (χ2n) is 9.44. The average Bonchev–Trinajstić information content (AvgIpc) is 2.76. The lowest BCUT2D eigenvalue weighted by atomic mass is 9.69. The predicted molar refractivity (Wildman–Crippen MR) is 121 cm³/mol. The molecular formula is C26H26F3NO4. The summed E-state index contributed by atoms with van der Waals surface area (Å²) in [5.41, 5.74) is 0.344. The molecule has 1 atom stereocenters. The molecule has 1 aliphatic carbocycles. The maximum atomic E-state index is 13.5. The van der Waals surface area contributed by atoms with Gasteiger partial charge >= 0.3 is 6.18 Å². The number of benzene rings is 2. The molecule has 1 amide bonds. The number of ether oxygens (including phenoxy) is 2. The molecule has 0 unspecified atom stereocenters. The van der Waals surface area contributed by atoms with Crippen LogP contribution in [0.2, 0.25) is 0 Å². The van der Waals surface area contributed by atoms with Gasteiger partial charge in [0.05, 0.1) is 19.8 Å². The van der Waals surface area contributed by atoms with Gasteiger partial charge in [-0.05, 0) is 48.2 Å². The number of carbonyl (C=O) groups excluding carboxylic acids is 2. The Morgan fingerprint density at radius 2 is 1.74 bits per heavy atom. The number of carbonyl (C=O) groups is 2. The van der Waals surface area contributed by atoms with Crippen LogP contribution in [0.3, 0.4) is 0 Å². The number of anilines is 1. The smallest absolute Gasteiger partial charge is 0.416 e. The quantitative estimate of drug-likeness (QED) is 0.556. The molecule has 2 aliphatic rings. The third-order valence-corrected chi connectivity index (χ3v) is 6.39. The Labute approximate surface area is 196 Å². The number of rotatable bonds is 4. The van der Waals surface area contributed by atoms with E-state index in [0.717, 1.165) is 12.1 Å². The van der Waals surface area contributed by atoms with E-state index in [1.165, 1.54) is 31.3 Å². The Morgan fingerprint density at radius 3 is 2.38 bits per heavy atom. The van der Waals surface area contributed by atoms with E-state index in [4.69, 9.17) is 9.47 Å². The fourth-order valence-electron chi connectivity index (χ4n) is 4.91. The van der Waals surface area contributed by atoms with Gasteiger partial charge in [-0.3, -0.25) is 14.5 Å². The molecule has 0 aromatic heterocycles. The highest BCUT2D eigenvalue weighted by Crippen LogP contribution is 2.50. The zero-order chi connectivity index (χ0) is 24.8. The Bertz CT molecular complexity index is 1180. The van der Waals surface area contributed by atoms with Gasteiger partial charge in [-0.25, -0.2) is 0 Å². The number of ketones is 1. The van der Waals surface area contributed by atoms with Crippen LogP contribution >= 0.6 is 0 Å². The molecule has 1 aliphatic heterocycles. The second-order valence-corrected chi connectivity index (χ2v) is 9.44. The minimum Gasteiger partial charge on any atom is -0.497 e. The van der Waals surface area contributed by atoms with E-state index in [1.807, 2.05) is 13.8 Å². The number of nitrogens with zero attached hydrogens (tertiary/aromatic N) is 1. The standard InChI is InChI=1S/C26H26F3NO4/c1-25(2)13-20-24(21(31)14-25)19(18-11-17(33-3)8-9-22(18)34-4)12-23(32)30(20)16-7-5-6-15(10-16)26(27,28)29/h5-11,19H,12-14H2,1-4H3/t19-/m0/s1. The van der Waals surface area contributed by atoms with Gasteiger partial charge in [0.1, 0.15) is 11.5 Å². The van der Waals surface area contributed by atoms with Crippen LogP contribution in [0.15, 0.2) is 53.7 Å². The Hall–Kier alpha value is -3.29. The summed E-state index contributed by atoms with van der Waals surface area (Å²) in [6.45, 7) is 3.83. The van der Waals surface area contributed by atoms with Gasteiger partial charge in [-0.2, -0.15) is 13.2 Å². The van der Waals surface area contributed by atoms with Gasteiger partial charge in [-0.15, -0.1) is 0 Å². The minimum atomic E-state index is -4.55. The fourth-order valence-corrected chi connectivity index (χ4v) is 4.91. The highest BCUT2D eigenvalue weighted by Gasteiger charge is 2.45. The van der Waals surface area contributed by atoms with Gasteiger partial charge in [-0.1, -0.05) is 19.9 Å². The van der Waals surface area contributed by atoms with Gasteiger partial charge in [0.25, 0.3) is 0 Å². The molecule has 180 valence electrons. The number of alkyl halides is 3. The lowest BCUT2D eigenvalue weighted by Crippen LogP contribution is -2.43. The molecular weight excluding hydrogens is 447 g/mol. The van der Waals surface area contributed by atoms with Crippen molar-refractivity contribution in [2.24, 2.45) is 5.41 Å². The Balaban J connectivity index is 1.93. The van der Waals surface area contributed by atoms with Crippen LogP contribution < -0.4 is 14.4 Å². The van der Waals surface area contributed by atoms with Crippen molar-refractivity contribution in [3.8, 4) is 11.5 Å². The number of hydrogen-bond donors (Lipinski definition) is 0. The summed E-state index contributed by atoms with van der Waals surface area (Å²) in [6.07, 6.45) is -3.98. The number of methoxy groups -OCH3 is 2. The van der Waals surface area contributed by atoms with Crippen LogP contribution in [0.25, 0.3) is 0 Å². The van der Waals surface area contributed by atoms with Crippen LogP contribution in [-0.4, -0.2) is 25.9 Å². The van der Waals surface area contributed by atoms with Crippen LogP contribution in [-0.2, 0) is 15.8 Å². The monoisotopic (exact) mass is 473 g/mol. The molecule has 0 fully saturated rings. The van der Waals surface area contributed by atoms with Crippen molar-refractivity contribution in [1.29, 1.82) is 0 Å². The summed E-state index contributed by atoms with van der Waals surface area (Å²) in [4.78, 5) is 28.2. The number of halogens is 3. The van der Waals surface area contributed by atoms with Gasteiger partial charge in [0.15, 0.2) is 5.78 Å². The average molecular weight is 473 g/mol. The van der Waals surface area contributed by atoms with Gasteiger partial charge in [0, 0.05) is 41.3 Å². The zero-order valence-electron chi connectivity index (χ0n) is 19.5. The normalized spacial score (nSPS) is 20.3. The van der Waals surface area contributed by atoms with Crippen molar-refractivity contribution >= 4 is 17.4 Å². The maximum absolute atomic E-state index is 13.5. The van der Waals surface area contributed by atoms with E-state index < -0.39 is 23.1 Å². The molecule has 0 bridgehead atoms. The molecule has 2 aromatic rings. The molecule has 4 rings (SSSR count). The third kappa shape index (κ3) is 4.29. The van der Waals surface area contributed by atoms with Crippen molar-refractivity contribution in [3.63, 3.8) is 0 Å². The summed E-state index contributed by atoms with van der Waals surface area (Å²) in [5, 5.41) is 0. The van der Waals surface area contributed by atoms with Crippen molar-refractivity contribution in [2.75, 3.05) is 19.1 Å². The predicted octanol–water partition coefficient (Wildman–Crippen LogP) is 5.89. The molecule has 0 radical (unpaired) electrons. The van der Waals surface area contributed by atoms with Crippen molar-refractivity contribution in [2.45, 2.75) is 45.2 Å². The first-order valence-electron chi connectivity index (χ1n) is 10.9. The molecule has 0 saturated carbocycles. The number of allylic oxidation sites excluding steroid dienone is 2. The maximum Gasteiger partial charge on any atom is 0.416 e. The topological polar surface area (TPSA) is 55.8 Å². The first-order valence-corrected chi connectivity index (χ1v) is 10.9. The minimum absolute atomic E-state index is 0.0786. The lowest BCUT2D eigenvalue weighted by molar-refractivity contribution is -0.137. The first kappa shape index (κ1) is 23.9. The van der Waals surface area contributed by atoms with E-state index in [9.17, 15) is 22.8 Å². The molecule has 2 aromatic carbocycles. The van der Waals surface area contributed by atoms with Crippen molar-refractivity contribution in [1.82, 2.24) is 0 Å². The van der Waals surface area contributed by atoms with Crippen LogP contribution in [0, 0.1) is 5.41 Å². The van der Waals surface area contributed by atoms with Crippen LogP contribution in [0.5, 0.6) is 11.5 Å². The Morgan fingerprint density at radius 1 is 1.00 bits per heavy atom. The molecule has 0 spiro atoms. The van der Waals surface area contributed by atoms with Crippen LogP contribution in [0.4, 0.5) is 18.9 Å². The summed E-state index contributed by atoms with van der Waals surface area (Å²) >= 11 is 0. The second kappa shape index (κ2) is 8.49. The lowest BCUT2D eigenvalue weighted by Gasteiger charge is -2.43. The highest BCUT2D eigenvalue weighted by atomic mass is 19.4. The molecule has 34 heavy (non-hydrogen) atoms. The van der Waals surface area contributed by atoms with Crippen LogP contribution in [0.1, 0.15) is 50.2 Å². The van der Waals surface area contributed by atoms with E-state index in [-0.39, 0.29) is 30.2 Å². The van der Waals surface area contributed by atoms with E-state index >= 15 is 0 Å². The molecule has 5 nitrogen and oxygen atoms in total. The van der Waals surface area contributed by atoms with Gasteiger partial charge < -0.3 is 9.47 Å². The molecule has 1 heterocycles. The van der Waals surface area contributed by atoms with Crippen molar-refractivity contribution < 1.29 is 32.2 Å². The van der Waals surface area contributed by atoms with E-state index in [0.29, 0.717) is 34.8 Å². The number of amides is 1. The Kier molecular flexibility index (Phi) is 5.96. The number of hydrogen-bond acceptors (Lipinski definition) is 4. The fraction of sp³-hybridized carbons (Fsp3) is 0.385. The highest BCUT2D eigenvalue weighted by molar-refractivity contribution is 6.08. The van der Waals surface area contributed by atoms with Crippen molar-refractivity contribution in [3.05, 3.63) is 64.9 Å².